The molecule has 0 spiro atoms. The van der Waals surface area contributed by atoms with Crippen LogP contribution in [0.4, 0.5) is 0 Å². The first-order chi connectivity index (χ1) is 15.0. The predicted molar refractivity (Wildman–Crippen MR) is 116 cm³/mol. The molecule has 1 saturated heterocycles. The van der Waals surface area contributed by atoms with Gasteiger partial charge in [-0.3, -0.25) is 9.59 Å². The van der Waals surface area contributed by atoms with Crippen molar-refractivity contribution in [2.45, 2.75) is 19.6 Å². The predicted octanol–water partition coefficient (Wildman–Crippen LogP) is 0.521. The number of hydrogen-bond donors (Lipinski definition) is 1. The number of fused-ring (bicyclic) bond motifs is 1. The fourth-order valence-electron chi connectivity index (χ4n) is 4.13. The van der Waals surface area contributed by atoms with Crippen LogP contribution >= 0.6 is 0 Å². The molecule has 0 saturated carbocycles. The number of nitrogens with zero attached hydrogens (tertiary/aromatic N) is 2. The van der Waals surface area contributed by atoms with Crippen LogP contribution in [-0.2, 0) is 16.1 Å². The summed E-state index contributed by atoms with van der Waals surface area (Å²) in [6.45, 7) is 6.51. The third kappa shape index (κ3) is 5.17. The van der Waals surface area contributed by atoms with Crippen LogP contribution in [0.3, 0.4) is 0 Å². The maximum Gasteiger partial charge on any atom is 0.267 e. The molecule has 4 rings (SSSR count). The van der Waals surface area contributed by atoms with Gasteiger partial charge in [-0.05, 0) is 19.1 Å². The van der Waals surface area contributed by atoms with E-state index in [0.29, 0.717) is 24.6 Å². The zero-order valence-electron chi connectivity index (χ0n) is 18.2. The number of ether oxygens (including phenoxy) is 2. The number of benzene rings is 2. The molecule has 0 unspecified atom stereocenters. The molecule has 2 aliphatic rings. The number of amides is 2. The Morgan fingerprint density at radius 2 is 1.84 bits per heavy atom. The second-order valence-corrected chi connectivity index (χ2v) is 8.36. The minimum atomic E-state index is -0.733. The molecule has 0 radical (unpaired) electrons. The number of hydrogen-bond acceptors (Lipinski definition) is 4. The highest BCUT2D eigenvalue weighted by molar-refractivity contribution is 5.87. The number of carbonyl (C=O) groups excluding carboxylic acids is 2. The molecule has 0 aromatic heterocycles. The molecule has 2 heterocycles. The van der Waals surface area contributed by atoms with Crippen LogP contribution in [-0.4, -0.2) is 74.1 Å². The Labute approximate surface area is 183 Å². The van der Waals surface area contributed by atoms with Crippen molar-refractivity contribution in [1.29, 1.82) is 0 Å². The maximum absolute atomic E-state index is 12.8. The van der Waals surface area contributed by atoms with Gasteiger partial charge in [0, 0.05) is 12.6 Å². The number of carbonyl (C=O) groups is 2. The van der Waals surface area contributed by atoms with E-state index < -0.39 is 6.10 Å². The van der Waals surface area contributed by atoms with Crippen LogP contribution in [0.25, 0.3) is 0 Å². The van der Waals surface area contributed by atoms with Crippen molar-refractivity contribution in [1.82, 2.24) is 9.80 Å². The topological polar surface area (TPSA) is 63.5 Å². The first-order valence-corrected chi connectivity index (χ1v) is 10.8. The number of rotatable bonds is 5. The van der Waals surface area contributed by atoms with E-state index in [1.165, 1.54) is 20.9 Å². The molecule has 164 valence electrons. The van der Waals surface area contributed by atoms with Gasteiger partial charge in [-0.2, -0.15) is 0 Å². The second kappa shape index (κ2) is 9.39. The summed E-state index contributed by atoms with van der Waals surface area (Å²) < 4.78 is 11.4. The Morgan fingerprint density at radius 3 is 2.58 bits per heavy atom. The SMILES string of the molecule is Cc1cccc(C[NH+]2CCN(C(=O)CN(C)C(=O)[C@H]3COc4ccccc4O3)CC2)c1. The summed E-state index contributed by atoms with van der Waals surface area (Å²) in [6.07, 6.45) is -0.733. The summed E-state index contributed by atoms with van der Waals surface area (Å²) in [6, 6.07) is 15.9. The van der Waals surface area contributed by atoms with Gasteiger partial charge < -0.3 is 24.2 Å². The summed E-state index contributed by atoms with van der Waals surface area (Å²) in [5.74, 6) is 0.921. The van der Waals surface area contributed by atoms with E-state index in [2.05, 4.69) is 31.2 Å². The minimum Gasteiger partial charge on any atom is -0.485 e. The summed E-state index contributed by atoms with van der Waals surface area (Å²) in [5.41, 5.74) is 2.60. The number of nitrogens with one attached hydrogen (secondary N) is 1. The average molecular weight is 425 g/mol. The number of aryl methyl sites for hydroxylation is 1. The molecular formula is C24H30N3O4+. The summed E-state index contributed by atoms with van der Waals surface area (Å²) in [7, 11) is 1.64. The molecule has 7 heteroatoms. The van der Waals surface area contributed by atoms with Crippen LogP contribution in [0.15, 0.2) is 48.5 Å². The first-order valence-electron chi connectivity index (χ1n) is 10.8. The van der Waals surface area contributed by atoms with Gasteiger partial charge in [-0.15, -0.1) is 0 Å². The van der Waals surface area contributed by atoms with Crippen LogP contribution in [0.5, 0.6) is 11.5 Å². The lowest BCUT2D eigenvalue weighted by atomic mass is 10.1. The Balaban J connectivity index is 1.24. The lowest BCUT2D eigenvalue weighted by Gasteiger charge is -2.34. The standard InChI is InChI=1S/C24H29N3O4/c1-18-6-5-7-19(14-18)15-26-10-12-27(13-11-26)23(28)16-25(2)24(29)22-17-30-20-8-3-4-9-21(20)31-22/h3-9,14,22H,10-13,15-17H2,1-2H3/p+1/t22-/m1/s1. The van der Waals surface area contributed by atoms with Gasteiger partial charge in [0.15, 0.2) is 11.5 Å². The summed E-state index contributed by atoms with van der Waals surface area (Å²) >= 11 is 0. The number of piperazine rings is 1. The molecule has 2 aromatic carbocycles. The monoisotopic (exact) mass is 424 g/mol. The molecule has 7 nitrogen and oxygen atoms in total. The normalized spacial score (nSPS) is 18.5. The summed E-state index contributed by atoms with van der Waals surface area (Å²) in [5, 5.41) is 0. The highest BCUT2D eigenvalue weighted by Crippen LogP contribution is 2.31. The van der Waals surface area contributed by atoms with E-state index in [9.17, 15) is 9.59 Å². The number of quaternary nitrogens is 1. The fraction of sp³-hybridized carbons (Fsp3) is 0.417. The van der Waals surface area contributed by atoms with Crippen LogP contribution in [0.2, 0.25) is 0 Å². The van der Waals surface area contributed by atoms with Crippen molar-refractivity contribution in [3.8, 4) is 11.5 Å². The van der Waals surface area contributed by atoms with Gasteiger partial charge in [0.25, 0.3) is 5.91 Å². The molecule has 0 bridgehead atoms. The molecule has 31 heavy (non-hydrogen) atoms. The van der Waals surface area contributed by atoms with Gasteiger partial charge >= 0.3 is 0 Å². The Bertz CT molecular complexity index is 940. The molecule has 1 fully saturated rings. The lowest BCUT2D eigenvalue weighted by Crippen LogP contribution is -3.13. The molecule has 1 N–H and O–H groups in total. The molecule has 0 aliphatic carbocycles. The van der Waals surface area contributed by atoms with E-state index in [0.717, 1.165) is 19.6 Å². The quantitative estimate of drug-likeness (QED) is 0.760. The molecule has 2 amide bonds. The van der Waals surface area contributed by atoms with Crippen molar-refractivity contribution in [3.05, 3.63) is 59.7 Å². The van der Waals surface area contributed by atoms with Crippen molar-refractivity contribution in [2.24, 2.45) is 0 Å². The van der Waals surface area contributed by atoms with Gasteiger partial charge in [0.1, 0.15) is 13.2 Å². The number of likely N-dealkylation sites (N-methyl/N-ethyl adjacent to an activating group) is 1. The summed E-state index contributed by atoms with van der Waals surface area (Å²) in [4.78, 5) is 30.3. The Morgan fingerprint density at radius 1 is 1.10 bits per heavy atom. The Kier molecular flexibility index (Phi) is 6.42. The third-order valence-electron chi connectivity index (χ3n) is 5.89. The van der Waals surface area contributed by atoms with Crippen molar-refractivity contribution in [3.63, 3.8) is 0 Å². The minimum absolute atomic E-state index is 0.0254. The van der Waals surface area contributed by atoms with E-state index in [1.807, 2.05) is 23.1 Å². The van der Waals surface area contributed by atoms with E-state index in [4.69, 9.17) is 9.47 Å². The number of para-hydroxylation sites is 2. The van der Waals surface area contributed by atoms with Gasteiger partial charge in [-0.1, -0.05) is 42.0 Å². The average Bonchev–Trinajstić information content (AvgIpc) is 2.78. The molecular weight excluding hydrogens is 394 g/mol. The van der Waals surface area contributed by atoms with E-state index in [-0.39, 0.29) is 25.0 Å². The van der Waals surface area contributed by atoms with Gasteiger partial charge in [0.05, 0.1) is 32.7 Å². The van der Waals surface area contributed by atoms with Gasteiger partial charge in [-0.25, -0.2) is 0 Å². The third-order valence-corrected chi connectivity index (χ3v) is 5.89. The maximum atomic E-state index is 12.8. The largest absolute Gasteiger partial charge is 0.485 e. The Hall–Kier alpha value is -3.06. The van der Waals surface area contributed by atoms with Crippen molar-refractivity contribution >= 4 is 11.8 Å². The zero-order chi connectivity index (χ0) is 21.8. The molecule has 2 aliphatic heterocycles. The van der Waals surface area contributed by atoms with Crippen LogP contribution in [0, 0.1) is 6.92 Å². The van der Waals surface area contributed by atoms with Crippen LogP contribution < -0.4 is 14.4 Å². The zero-order valence-corrected chi connectivity index (χ0v) is 18.2. The van der Waals surface area contributed by atoms with Crippen LogP contribution in [0.1, 0.15) is 11.1 Å². The first kappa shape index (κ1) is 21.2. The highest BCUT2D eigenvalue weighted by Gasteiger charge is 2.32. The smallest absolute Gasteiger partial charge is 0.267 e. The lowest BCUT2D eigenvalue weighted by molar-refractivity contribution is -0.917. The molecule has 2 aromatic rings. The second-order valence-electron chi connectivity index (χ2n) is 8.36. The fourth-order valence-corrected chi connectivity index (χ4v) is 4.13. The van der Waals surface area contributed by atoms with Crippen molar-refractivity contribution in [2.75, 3.05) is 46.4 Å². The van der Waals surface area contributed by atoms with E-state index in [1.54, 1.807) is 13.1 Å². The van der Waals surface area contributed by atoms with E-state index >= 15 is 0 Å². The van der Waals surface area contributed by atoms with Gasteiger partial charge in [0.2, 0.25) is 12.0 Å². The molecule has 1 atom stereocenters. The van der Waals surface area contributed by atoms with Crippen molar-refractivity contribution < 1.29 is 24.0 Å². The highest BCUT2D eigenvalue weighted by atomic mass is 16.6.